The molecule has 3 unspecified atom stereocenters. The van der Waals surface area contributed by atoms with Gasteiger partial charge in [0.15, 0.2) is 11.5 Å². The summed E-state index contributed by atoms with van der Waals surface area (Å²) in [6.07, 6.45) is 5.97. The minimum atomic E-state index is -0.423. The average molecular weight is 411 g/mol. The first-order chi connectivity index (χ1) is 14.7. The van der Waals surface area contributed by atoms with E-state index >= 15 is 0 Å². The number of Topliss-reactive ketones (excluding diaryl/α,β-unsaturated/α-hetero) is 1. The molecule has 160 valence electrons. The number of ether oxygens (including phenoxy) is 3. The molecule has 1 aromatic rings. The van der Waals surface area contributed by atoms with E-state index < -0.39 is 6.04 Å². The summed E-state index contributed by atoms with van der Waals surface area (Å²) < 4.78 is 16.9. The van der Waals surface area contributed by atoms with Crippen molar-refractivity contribution in [2.24, 2.45) is 5.92 Å². The fourth-order valence-electron chi connectivity index (χ4n) is 4.75. The number of carbonyl (C=O) groups excluding carboxylic acids is 2. The van der Waals surface area contributed by atoms with E-state index in [-0.39, 0.29) is 29.5 Å². The second kappa shape index (κ2) is 9.04. The number of nitrogens with zero attached hydrogens (tertiary/aromatic N) is 1. The summed E-state index contributed by atoms with van der Waals surface area (Å²) in [5, 5.41) is 0. The SMILES string of the molecule is C=CCOc1ccc(C2C3=C(OC4CCCCC4C3=O)C(=O)N2CCCOC)cc1. The number of methoxy groups -OCH3 is 1. The lowest BCUT2D eigenvalue weighted by Gasteiger charge is -2.35. The van der Waals surface area contributed by atoms with Crippen LogP contribution in [0.25, 0.3) is 0 Å². The van der Waals surface area contributed by atoms with Crippen molar-refractivity contribution >= 4 is 11.7 Å². The van der Waals surface area contributed by atoms with E-state index in [1.54, 1.807) is 18.1 Å². The Balaban J connectivity index is 1.67. The highest BCUT2D eigenvalue weighted by molar-refractivity contribution is 6.11. The van der Waals surface area contributed by atoms with E-state index in [9.17, 15) is 9.59 Å². The Labute approximate surface area is 177 Å². The summed E-state index contributed by atoms with van der Waals surface area (Å²) in [4.78, 5) is 28.5. The van der Waals surface area contributed by atoms with E-state index in [1.807, 2.05) is 24.3 Å². The number of fused-ring (bicyclic) bond motifs is 1. The summed E-state index contributed by atoms with van der Waals surface area (Å²) >= 11 is 0. The standard InChI is InChI=1S/C24H29NO5/c1-3-14-29-17-11-9-16(10-12-17)21-20-22(26)18-7-4-5-8-19(18)30-23(20)24(27)25(21)13-6-15-28-2/h3,9-12,18-19,21H,1,4-8,13-15H2,2H3. The second-order valence-electron chi connectivity index (χ2n) is 8.07. The van der Waals surface area contributed by atoms with Gasteiger partial charge in [-0.2, -0.15) is 0 Å². The van der Waals surface area contributed by atoms with Crippen molar-refractivity contribution in [2.45, 2.75) is 44.2 Å². The summed E-state index contributed by atoms with van der Waals surface area (Å²) in [6, 6.07) is 7.17. The van der Waals surface area contributed by atoms with Crippen molar-refractivity contribution in [3.8, 4) is 5.75 Å². The maximum absolute atomic E-state index is 13.5. The van der Waals surface area contributed by atoms with Gasteiger partial charge in [-0.05, 0) is 43.4 Å². The van der Waals surface area contributed by atoms with Gasteiger partial charge in [0.2, 0.25) is 0 Å². The molecule has 0 spiro atoms. The molecular formula is C24H29NO5. The fourth-order valence-corrected chi connectivity index (χ4v) is 4.75. The number of hydrogen-bond acceptors (Lipinski definition) is 5. The molecular weight excluding hydrogens is 382 g/mol. The topological polar surface area (TPSA) is 65.1 Å². The summed E-state index contributed by atoms with van der Waals surface area (Å²) in [5.74, 6) is 0.747. The number of amides is 1. The zero-order valence-electron chi connectivity index (χ0n) is 17.5. The third-order valence-electron chi connectivity index (χ3n) is 6.17. The Bertz CT molecular complexity index is 844. The van der Waals surface area contributed by atoms with Crippen LogP contribution in [-0.2, 0) is 19.1 Å². The first-order valence-corrected chi connectivity index (χ1v) is 10.7. The molecule has 30 heavy (non-hydrogen) atoms. The predicted molar refractivity (Wildman–Crippen MR) is 112 cm³/mol. The number of rotatable bonds is 8. The van der Waals surface area contributed by atoms with E-state index in [0.717, 1.165) is 37.0 Å². The monoisotopic (exact) mass is 411 g/mol. The second-order valence-corrected chi connectivity index (χ2v) is 8.07. The normalized spacial score (nSPS) is 25.6. The Morgan fingerprint density at radius 1 is 1.20 bits per heavy atom. The molecule has 3 atom stereocenters. The van der Waals surface area contributed by atoms with Crippen molar-refractivity contribution in [1.29, 1.82) is 0 Å². The van der Waals surface area contributed by atoms with Crippen LogP contribution < -0.4 is 4.74 Å². The van der Waals surface area contributed by atoms with Crippen molar-refractivity contribution in [2.75, 3.05) is 26.9 Å². The highest BCUT2D eigenvalue weighted by Crippen LogP contribution is 2.46. The maximum Gasteiger partial charge on any atom is 0.290 e. The summed E-state index contributed by atoms with van der Waals surface area (Å²) in [5.41, 5.74) is 1.42. The van der Waals surface area contributed by atoms with Gasteiger partial charge in [0, 0.05) is 20.3 Å². The molecule has 1 amide bonds. The molecule has 6 heteroatoms. The van der Waals surface area contributed by atoms with Crippen LogP contribution in [0.2, 0.25) is 0 Å². The Morgan fingerprint density at radius 2 is 1.97 bits per heavy atom. The van der Waals surface area contributed by atoms with E-state index in [2.05, 4.69) is 6.58 Å². The smallest absolute Gasteiger partial charge is 0.290 e. The van der Waals surface area contributed by atoms with Gasteiger partial charge in [-0.25, -0.2) is 0 Å². The fraction of sp³-hybridized carbons (Fsp3) is 0.500. The number of benzene rings is 1. The quantitative estimate of drug-likeness (QED) is 0.483. The van der Waals surface area contributed by atoms with Crippen molar-refractivity contribution in [1.82, 2.24) is 4.90 Å². The molecule has 1 aliphatic carbocycles. The Hall–Kier alpha value is -2.60. The van der Waals surface area contributed by atoms with Gasteiger partial charge >= 0.3 is 0 Å². The van der Waals surface area contributed by atoms with Gasteiger partial charge in [0.05, 0.1) is 17.5 Å². The van der Waals surface area contributed by atoms with Crippen LogP contribution in [0, 0.1) is 5.92 Å². The Kier molecular flexibility index (Phi) is 6.23. The third-order valence-corrected chi connectivity index (χ3v) is 6.17. The molecule has 4 rings (SSSR count). The Morgan fingerprint density at radius 3 is 2.70 bits per heavy atom. The van der Waals surface area contributed by atoms with Crippen LogP contribution in [0.15, 0.2) is 48.3 Å². The van der Waals surface area contributed by atoms with Gasteiger partial charge in [0.25, 0.3) is 5.91 Å². The average Bonchev–Trinajstić information content (AvgIpc) is 3.05. The molecule has 2 aliphatic heterocycles. The van der Waals surface area contributed by atoms with Crippen molar-refractivity contribution < 1.29 is 23.8 Å². The van der Waals surface area contributed by atoms with Crippen molar-refractivity contribution in [3.05, 3.63) is 53.8 Å². The largest absolute Gasteiger partial charge is 0.490 e. The van der Waals surface area contributed by atoms with Gasteiger partial charge in [-0.15, -0.1) is 0 Å². The lowest BCUT2D eigenvalue weighted by molar-refractivity contribution is -0.135. The zero-order valence-corrected chi connectivity index (χ0v) is 17.5. The minimum absolute atomic E-state index is 0.0838. The highest BCUT2D eigenvalue weighted by atomic mass is 16.5. The number of ketones is 1. The first kappa shape index (κ1) is 20.7. The molecule has 1 aromatic carbocycles. The van der Waals surface area contributed by atoms with Crippen LogP contribution in [0.5, 0.6) is 5.75 Å². The zero-order chi connectivity index (χ0) is 21.1. The van der Waals surface area contributed by atoms with Gasteiger partial charge in [-0.3, -0.25) is 9.59 Å². The molecule has 1 fully saturated rings. The van der Waals surface area contributed by atoms with Gasteiger partial charge < -0.3 is 19.1 Å². The molecule has 0 aromatic heterocycles. The first-order valence-electron chi connectivity index (χ1n) is 10.7. The molecule has 6 nitrogen and oxygen atoms in total. The van der Waals surface area contributed by atoms with Gasteiger partial charge in [-0.1, -0.05) is 31.2 Å². The third kappa shape index (κ3) is 3.76. The molecule has 0 bridgehead atoms. The van der Waals surface area contributed by atoms with Crippen LogP contribution in [0.3, 0.4) is 0 Å². The van der Waals surface area contributed by atoms with Crippen LogP contribution in [0.4, 0.5) is 0 Å². The molecule has 3 aliphatic rings. The molecule has 0 N–H and O–H groups in total. The van der Waals surface area contributed by atoms with E-state index in [4.69, 9.17) is 14.2 Å². The maximum atomic E-state index is 13.5. The molecule has 1 saturated carbocycles. The lowest BCUT2D eigenvalue weighted by Crippen LogP contribution is -2.39. The molecule has 0 radical (unpaired) electrons. The minimum Gasteiger partial charge on any atom is -0.490 e. The van der Waals surface area contributed by atoms with Crippen LogP contribution >= 0.6 is 0 Å². The predicted octanol–water partition coefficient (Wildman–Crippen LogP) is 3.58. The van der Waals surface area contributed by atoms with Crippen LogP contribution in [0.1, 0.15) is 43.7 Å². The summed E-state index contributed by atoms with van der Waals surface area (Å²) in [6.45, 7) is 5.14. The number of carbonyl (C=O) groups is 2. The van der Waals surface area contributed by atoms with E-state index in [0.29, 0.717) is 31.8 Å². The molecule has 0 saturated heterocycles. The number of hydrogen-bond donors (Lipinski definition) is 0. The summed E-state index contributed by atoms with van der Waals surface area (Å²) in [7, 11) is 1.64. The van der Waals surface area contributed by atoms with E-state index in [1.165, 1.54) is 0 Å². The molecule has 2 heterocycles. The lowest BCUT2D eigenvalue weighted by atomic mass is 9.77. The van der Waals surface area contributed by atoms with Crippen molar-refractivity contribution in [3.63, 3.8) is 0 Å². The highest BCUT2D eigenvalue weighted by Gasteiger charge is 2.51. The van der Waals surface area contributed by atoms with Crippen LogP contribution in [-0.4, -0.2) is 49.6 Å². The van der Waals surface area contributed by atoms with Gasteiger partial charge in [0.1, 0.15) is 18.5 Å².